The van der Waals surface area contributed by atoms with E-state index in [2.05, 4.69) is 61.1 Å². The first-order valence-electron chi connectivity index (χ1n) is 8.96. The standard InChI is InChI=1S/C19H32N4O/c1-14(2)16-6-5-7-17(12-16)22-19(20)21-13-18(15(3)4)23-8-10-24-11-9-23/h5-7,12,14-15,18H,8-11,13H2,1-4H3,(H3,20,21,22). The van der Waals surface area contributed by atoms with E-state index in [1.165, 1.54) is 5.56 Å². The van der Waals surface area contributed by atoms with Crippen LogP contribution in [0.4, 0.5) is 5.69 Å². The van der Waals surface area contributed by atoms with E-state index in [1.54, 1.807) is 0 Å². The van der Waals surface area contributed by atoms with Crippen molar-refractivity contribution in [3.8, 4) is 0 Å². The summed E-state index contributed by atoms with van der Waals surface area (Å²) in [6.07, 6.45) is 0. The van der Waals surface area contributed by atoms with Crippen LogP contribution in [0.3, 0.4) is 0 Å². The molecule has 0 spiro atoms. The number of nitrogens with one attached hydrogen (secondary N) is 1. The van der Waals surface area contributed by atoms with Crippen LogP contribution < -0.4 is 11.1 Å². The number of morpholine rings is 1. The SMILES string of the molecule is CC(C)c1cccc(NC(N)=NCC(C(C)C)N2CCOCC2)c1. The number of nitrogens with two attached hydrogens (primary N) is 1. The van der Waals surface area contributed by atoms with E-state index in [1.807, 2.05) is 6.07 Å². The van der Waals surface area contributed by atoms with E-state index < -0.39 is 0 Å². The van der Waals surface area contributed by atoms with Gasteiger partial charge in [0, 0.05) is 24.8 Å². The Morgan fingerprint density at radius 3 is 2.58 bits per heavy atom. The predicted octanol–water partition coefficient (Wildman–Crippen LogP) is 2.89. The summed E-state index contributed by atoms with van der Waals surface area (Å²) in [4.78, 5) is 7.05. The lowest BCUT2D eigenvalue weighted by molar-refractivity contribution is 0.00870. The van der Waals surface area contributed by atoms with Gasteiger partial charge in [0.2, 0.25) is 0 Å². The average Bonchev–Trinajstić information content (AvgIpc) is 2.56. The Balaban J connectivity index is 1.97. The second-order valence-electron chi connectivity index (χ2n) is 7.09. The highest BCUT2D eigenvalue weighted by molar-refractivity contribution is 5.92. The Bertz CT molecular complexity index is 536. The van der Waals surface area contributed by atoms with Crippen molar-refractivity contribution in [1.29, 1.82) is 0 Å². The number of benzene rings is 1. The maximum atomic E-state index is 6.11. The summed E-state index contributed by atoms with van der Waals surface area (Å²) in [6, 6.07) is 8.74. The molecule has 134 valence electrons. The minimum atomic E-state index is 0.399. The average molecular weight is 332 g/mol. The largest absolute Gasteiger partial charge is 0.379 e. The molecule has 1 saturated heterocycles. The van der Waals surface area contributed by atoms with Crippen LogP contribution in [-0.2, 0) is 4.74 Å². The molecule has 0 aliphatic carbocycles. The van der Waals surface area contributed by atoms with Crippen molar-refractivity contribution in [3.63, 3.8) is 0 Å². The van der Waals surface area contributed by atoms with Crippen molar-refractivity contribution in [3.05, 3.63) is 29.8 Å². The predicted molar refractivity (Wildman–Crippen MR) is 102 cm³/mol. The quantitative estimate of drug-likeness (QED) is 0.621. The van der Waals surface area contributed by atoms with Gasteiger partial charge in [0.05, 0.1) is 19.8 Å². The Hall–Kier alpha value is -1.59. The maximum Gasteiger partial charge on any atom is 0.193 e. The van der Waals surface area contributed by atoms with Crippen molar-refractivity contribution < 1.29 is 4.74 Å². The minimum Gasteiger partial charge on any atom is -0.379 e. The maximum absolute atomic E-state index is 6.11. The number of ether oxygens (including phenoxy) is 1. The lowest BCUT2D eigenvalue weighted by Gasteiger charge is -2.36. The molecule has 24 heavy (non-hydrogen) atoms. The summed E-state index contributed by atoms with van der Waals surface area (Å²) in [5.41, 5.74) is 8.39. The van der Waals surface area contributed by atoms with Crippen LogP contribution in [0, 0.1) is 5.92 Å². The molecule has 1 aromatic carbocycles. The van der Waals surface area contributed by atoms with Crippen LogP contribution in [0.1, 0.15) is 39.2 Å². The van der Waals surface area contributed by atoms with Crippen LogP contribution in [0.15, 0.2) is 29.3 Å². The molecule has 0 aromatic heterocycles. The molecule has 1 aliphatic heterocycles. The number of hydrogen-bond donors (Lipinski definition) is 2. The van der Waals surface area contributed by atoms with Gasteiger partial charge in [0.15, 0.2) is 5.96 Å². The molecule has 1 aromatic rings. The van der Waals surface area contributed by atoms with Crippen molar-refractivity contribution in [2.75, 3.05) is 38.2 Å². The van der Waals surface area contributed by atoms with Crippen LogP contribution in [0.5, 0.6) is 0 Å². The summed E-state index contributed by atoms with van der Waals surface area (Å²) in [5.74, 6) is 1.51. The summed E-state index contributed by atoms with van der Waals surface area (Å²) in [5, 5.41) is 3.22. The van der Waals surface area contributed by atoms with Crippen LogP contribution in [0.25, 0.3) is 0 Å². The topological polar surface area (TPSA) is 62.9 Å². The van der Waals surface area contributed by atoms with Crippen LogP contribution in [0.2, 0.25) is 0 Å². The van der Waals surface area contributed by atoms with E-state index in [0.29, 0.717) is 30.4 Å². The third-order valence-electron chi connectivity index (χ3n) is 4.56. The monoisotopic (exact) mass is 332 g/mol. The van der Waals surface area contributed by atoms with Gasteiger partial charge >= 0.3 is 0 Å². The van der Waals surface area contributed by atoms with Gasteiger partial charge in [0.1, 0.15) is 0 Å². The number of guanidine groups is 1. The molecule has 1 atom stereocenters. The molecule has 3 N–H and O–H groups in total. The molecule has 2 rings (SSSR count). The fourth-order valence-electron chi connectivity index (χ4n) is 3.01. The molecule has 0 bridgehead atoms. The molecule has 0 radical (unpaired) electrons. The van der Waals surface area contributed by atoms with Gasteiger partial charge in [-0.2, -0.15) is 0 Å². The van der Waals surface area contributed by atoms with Crippen LogP contribution >= 0.6 is 0 Å². The van der Waals surface area contributed by atoms with E-state index in [-0.39, 0.29) is 0 Å². The lowest BCUT2D eigenvalue weighted by atomic mass is 10.0. The Morgan fingerprint density at radius 1 is 1.25 bits per heavy atom. The second kappa shape index (κ2) is 9.04. The fourth-order valence-corrected chi connectivity index (χ4v) is 3.01. The van der Waals surface area contributed by atoms with Gasteiger partial charge in [0.25, 0.3) is 0 Å². The Labute approximate surface area is 146 Å². The molecular formula is C19H32N4O. The van der Waals surface area contributed by atoms with E-state index in [4.69, 9.17) is 10.5 Å². The van der Waals surface area contributed by atoms with Crippen molar-refractivity contribution in [2.45, 2.75) is 39.7 Å². The number of aliphatic imine (C=N–C) groups is 1. The molecule has 1 aliphatic rings. The van der Waals surface area contributed by atoms with Crippen molar-refractivity contribution in [1.82, 2.24) is 4.90 Å². The van der Waals surface area contributed by atoms with Gasteiger partial charge in [-0.15, -0.1) is 0 Å². The highest BCUT2D eigenvalue weighted by Gasteiger charge is 2.23. The number of nitrogens with zero attached hydrogens (tertiary/aromatic N) is 2. The smallest absolute Gasteiger partial charge is 0.193 e. The zero-order valence-corrected chi connectivity index (χ0v) is 15.5. The fraction of sp³-hybridized carbons (Fsp3) is 0.632. The number of anilines is 1. The third kappa shape index (κ3) is 5.49. The molecule has 5 nitrogen and oxygen atoms in total. The normalized spacial score (nSPS) is 18.2. The zero-order chi connectivity index (χ0) is 17.5. The van der Waals surface area contributed by atoms with E-state index >= 15 is 0 Å². The van der Waals surface area contributed by atoms with Gasteiger partial charge in [-0.3, -0.25) is 9.89 Å². The molecule has 1 unspecified atom stereocenters. The van der Waals surface area contributed by atoms with Crippen molar-refractivity contribution in [2.24, 2.45) is 16.6 Å². The highest BCUT2D eigenvalue weighted by atomic mass is 16.5. The van der Waals surface area contributed by atoms with Gasteiger partial charge < -0.3 is 15.8 Å². The second-order valence-corrected chi connectivity index (χ2v) is 7.09. The summed E-state index contributed by atoms with van der Waals surface area (Å²) in [7, 11) is 0. The van der Waals surface area contributed by atoms with Gasteiger partial charge in [-0.05, 0) is 29.5 Å². The molecular weight excluding hydrogens is 300 g/mol. The summed E-state index contributed by atoms with van der Waals surface area (Å²) >= 11 is 0. The first kappa shape index (κ1) is 18.7. The molecule has 0 saturated carbocycles. The zero-order valence-electron chi connectivity index (χ0n) is 15.5. The minimum absolute atomic E-state index is 0.399. The number of rotatable bonds is 6. The molecule has 5 heteroatoms. The Morgan fingerprint density at radius 2 is 1.96 bits per heavy atom. The van der Waals surface area contributed by atoms with Gasteiger partial charge in [-0.1, -0.05) is 39.8 Å². The van der Waals surface area contributed by atoms with Crippen LogP contribution in [-0.4, -0.2) is 49.7 Å². The van der Waals surface area contributed by atoms with E-state index in [9.17, 15) is 0 Å². The molecule has 1 fully saturated rings. The Kier molecular flexibility index (Phi) is 7.06. The number of hydrogen-bond acceptors (Lipinski definition) is 3. The first-order valence-corrected chi connectivity index (χ1v) is 8.96. The lowest BCUT2D eigenvalue weighted by Crippen LogP contribution is -2.47. The van der Waals surface area contributed by atoms with E-state index in [0.717, 1.165) is 32.0 Å². The first-order chi connectivity index (χ1) is 11.5. The third-order valence-corrected chi connectivity index (χ3v) is 4.56. The molecule has 0 amide bonds. The summed E-state index contributed by atoms with van der Waals surface area (Å²) in [6.45, 7) is 13.1. The highest BCUT2D eigenvalue weighted by Crippen LogP contribution is 2.18. The molecule has 1 heterocycles. The van der Waals surface area contributed by atoms with Gasteiger partial charge in [-0.25, -0.2) is 0 Å². The summed E-state index contributed by atoms with van der Waals surface area (Å²) < 4.78 is 5.45. The van der Waals surface area contributed by atoms with Crippen molar-refractivity contribution >= 4 is 11.6 Å².